The zero-order valence-electron chi connectivity index (χ0n) is 15.4. The predicted molar refractivity (Wildman–Crippen MR) is 112 cm³/mol. The van der Waals surface area contributed by atoms with Crippen molar-refractivity contribution in [3.8, 4) is 0 Å². The van der Waals surface area contributed by atoms with Crippen LogP contribution in [-0.2, 0) is 5.75 Å². The van der Waals surface area contributed by atoms with E-state index in [2.05, 4.69) is 61.2 Å². The van der Waals surface area contributed by atoms with Crippen LogP contribution < -0.4 is 0 Å². The van der Waals surface area contributed by atoms with Crippen LogP contribution in [0.5, 0.6) is 0 Å². The maximum Gasteiger partial charge on any atom is 0.0184 e. The highest BCUT2D eigenvalue weighted by Crippen LogP contribution is 2.20. The summed E-state index contributed by atoms with van der Waals surface area (Å²) in [6, 6.07) is 15.5. The van der Waals surface area contributed by atoms with Crippen LogP contribution in [0.15, 0.2) is 42.5 Å². The third-order valence-electron chi connectivity index (χ3n) is 4.72. The number of unbranched alkanes of at least 4 members (excludes halogenated alkanes) is 9. The topological polar surface area (TPSA) is 0 Å². The smallest absolute Gasteiger partial charge is 0.0184 e. The molecule has 2 aromatic rings. The van der Waals surface area contributed by atoms with Crippen molar-refractivity contribution in [3.63, 3.8) is 0 Å². The Morgan fingerprint density at radius 1 is 0.667 bits per heavy atom. The van der Waals surface area contributed by atoms with Gasteiger partial charge >= 0.3 is 0 Å². The lowest BCUT2D eigenvalue weighted by Gasteiger charge is -2.05. The lowest BCUT2D eigenvalue weighted by molar-refractivity contribution is 0.563. The van der Waals surface area contributed by atoms with Crippen molar-refractivity contribution in [2.24, 2.45) is 0 Å². The van der Waals surface area contributed by atoms with Gasteiger partial charge in [0.25, 0.3) is 0 Å². The number of hydrogen-bond acceptors (Lipinski definition) is 1. The van der Waals surface area contributed by atoms with Gasteiger partial charge in [0.05, 0.1) is 0 Å². The van der Waals surface area contributed by atoms with Crippen LogP contribution in [0, 0.1) is 0 Å². The molecular weight excluding hydrogens is 308 g/mol. The normalized spacial score (nSPS) is 11.2. The van der Waals surface area contributed by atoms with E-state index in [0.717, 1.165) is 5.75 Å². The lowest BCUT2D eigenvalue weighted by Crippen LogP contribution is -1.86. The van der Waals surface area contributed by atoms with Crippen LogP contribution in [0.3, 0.4) is 0 Å². The van der Waals surface area contributed by atoms with E-state index in [1.807, 2.05) is 0 Å². The average molecular weight is 343 g/mol. The van der Waals surface area contributed by atoms with Gasteiger partial charge in [-0.05, 0) is 28.5 Å². The maximum absolute atomic E-state index is 2.35. The SMILES string of the molecule is CCCCCCCCCCCCSCc1ccc2ccccc2c1. The molecular formula is C23H34S. The fraction of sp³-hybridized carbons (Fsp3) is 0.565. The van der Waals surface area contributed by atoms with E-state index in [-0.39, 0.29) is 0 Å². The number of thioether (sulfide) groups is 1. The average Bonchev–Trinajstić information content (AvgIpc) is 2.62. The molecule has 0 atom stereocenters. The van der Waals surface area contributed by atoms with Crippen LogP contribution in [0.2, 0.25) is 0 Å². The molecule has 0 saturated heterocycles. The van der Waals surface area contributed by atoms with Crippen molar-refractivity contribution >= 4 is 22.5 Å². The lowest BCUT2D eigenvalue weighted by atomic mass is 10.1. The molecule has 0 spiro atoms. The molecule has 0 saturated carbocycles. The first-order valence-electron chi connectivity index (χ1n) is 9.95. The molecule has 0 bridgehead atoms. The standard InChI is InChI=1S/C23H34S/c1-2-3-4-5-6-7-8-9-10-13-18-24-20-21-16-17-22-14-11-12-15-23(22)19-21/h11-12,14-17,19H,2-10,13,18,20H2,1H3. The van der Waals surface area contributed by atoms with Crippen LogP contribution in [0.25, 0.3) is 10.8 Å². The highest BCUT2D eigenvalue weighted by molar-refractivity contribution is 7.98. The van der Waals surface area contributed by atoms with Crippen LogP contribution >= 0.6 is 11.8 Å². The number of rotatable bonds is 13. The van der Waals surface area contributed by atoms with Gasteiger partial charge in [0.2, 0.25) is 0 Å². The van der Waals surface area contributed by atoms with Crippen molar-refractivity contribution in [1.29, 1.82) is 0 Å². The summed E-state index contributed by atoms with van der Waals surface area (Å²) >= 11 is 2.09. The minimum Gasteiger partial charge on any atom is -0.157 e. The first kappa shape index (κ1) is 19.4. The molecule has 0 aliphatic rings. The Hall–Kier alpha value is -0.950. The Morgan fingerprint density at radius 2 is 1.29 bits per heavy atom. The first-order chi connectivity index (χ1) is 11.9. The van der Waals surface area contributed by atoms with Gasteiger partial charge in [-0.15, -0.1) is 0 Å². The molecule has 0 unspecified atom stereocenters. The van der Waals surface area contributed by atoms with Gasteiger partial charge in [-0.3, -0.25) is 0 Å². The van der Waals surface area contributed by atoms with Crippen molar-refractivity contribution in [2.45, 2.75) is 76.9 Å². The van der Waals surface area contributed by atoms with Gasteiger partial charge in [-0.2, -0.15) is 11.8 Å². The van der Waals surface area contributed by atoms with Gasteiger partial charge in [0.15, 0.2) is 0 Å². The van der Waals surface area contributed by atoms with Crippen LogP contribution in [0.4, 0.5) is 0 Å². The number of fused-ring (bicyclic) bond motifs is 1. The zero-order valence-corrected chi connectivity index (χ0v) is 16.3. The van der Waals surface area contributed by atoms with Gasteiger partial charge in [0.1, 0.15) is 0 Å². The largest absolute Gasteiger partial charge is 0.157 e. The van der Waals surface area contributed by atoms with E-state index in [0.29, 0.717) is 0 Å². The van der Waals surface area contributed by atoms with Crippen LogP contribution in [0.1, 0.15) is 76.7 Å². The fourth-order valence-electron chi connectivity index (χ4n) is 3.21. The molecule has 2 rings (SSSR count). The minimum atomic E-state index is 1.16. The Labute approximate surface area is 153 Å². The summed E-state index contributed by atoms with van der Waals surface area (Å²) < 4.78 is 0. The van der Waals surface area contributed by atoms with Gasteiger partial charge in [-0.25, -0.2) is 0 Å². The van der Waals surface area contributed by atoms with E-state index in [9.17, 15) is 0 Å². The molecule has 0 fully saturated rings. The van der Waals surface area contributed by atoms with E-state index in [1.54, 1.807) is 0 Å². The molecule has 0 aliphatic carbocycles. The summed E-state index contributed by atoms with van der Waals surface area (Å²) in [7, 11) is 0. The van der Waals surface area contributed by atoms with Crippen molar-refractivity contribution in [2.75, 3.05) is 5.75 Å². The summed E-state index contributed by atoms with van der Waals surface area (Å²) in [4.78, 5) is 0. The molecule has 132 valence electrons. The monoisotopic (exact) mass is 342 g/mol. The molecule has 2 aromatic carbocycles. The second-order valence-electron chi connectivity index (χ2n) is 6.92. The predicted octanol–water partition coefficient (Wildman–Crippen LogP) is 7.99. The zero-order chi connectivity index (χ0) is 16.9. The van der Waals surface area contributed by atoms with Gasteiger partial charge in [0, 0.05) is 5.75 Å². The molecule has 0 aromatic heterocycles. The minimum absolute atomic E-state index is 1.16. The maximum atomic E-state index is 2.35. The fourth-order valence-corrected chi connectivity index (χ4v) is 4.18. The Bertz CT molecular complexity index is 561. The summed E-state index contributed by atoms with van der Waals surface area (Å²) in [6.45, 7) is 2.29. The molecule has 0 nitrogen and oxygen atoms in total. The van der Waals surface area contributed by atoms with Gasteiger partial charge < -0.3 is 0 Å². The summed E-state index contributed by atoms with van der Waals surface area (Å²) in [5.41, 5.74) is 1.46. The molecule has 24 heavy (non-hydrogen) atoms. The highest BCUT2D eigenvalue weighted by Gasteiger charge is 1.98. The molecule has 0 amide bonds. The molecule has 1 heteroatoms. The molecule has 0 N–H and O–H groups in total. The number of hydrogen-bond donors (Lipinski definition) is 0. The number of benzene rings is 2. The summed E-state index contributed by atoms with van der Waals surface area (Å²) in [5, 5.41) is 2.72. The third-order valence-corrected chi connectivity index (χ3v) is 5.84. The molecule has 0 radical (unpaired) electrons. The third kappa shape index (κ3) is 7.75. The second-order valence-corrected chi connectivity index (χ2v) is 8.02. The highest BCUT2D eigenvalue weighted by atomic mass is 32.2. The van der Waals surface area contributed by atoms with E-state index < -0.39 is 0 Å². The second kappa shape index (κ2) is 12.4. The molecule has 0 heterocycles. The Kier molecular flexibility index (Phi) is 10.0. The first-order valence-corrected chi connectivity index (χ1v) is 11.1. The van der Waals surface area contributed by atoms with E-state index in [1.165, 1.54) is 86.3 Å². The quantitative estimate of drug-likeness (QED) is 0.332. The Balaban J connectivity index is 1.46. The summed E-state index contributed by atoms with van der Waals surface area (Å²) in [5.74, 6) is 2.46. The van der Waals surface area contributed by atoms with Crippen molar-refractivity contribution < 1.29 is 0 Å². The van der Waals surface area contributed by atoms with Gasteiger partial charge in [-0.1, -0.05) is 107 Å². The van der Waals surface area contributed by atoms with E-state index >= 15 is 0 Å². The van der Waals surface area contributed by atoms with Crippen molar-refractivity contribution in [3.05, 3.63) is 48.0 Å². The summed E-state index contributed by atoms with van der Waals surface area (Å²) in [6.07, 6.45) is 14.3. The van der Waals surface area contributed by atoms with E-state index in [4.69, 9.17) is 0 Å². The van der Waals surface area contributed by atoms with Crippen LogP contribution in [-0.4, -0.2) is 5.75 Å². The Morgan fingerprint density at radius 3 is 2.00 bits per heavy atom. The van der Waals surface area contributed by atoms with Crippen molar-refractivity contribution in [1.82, 2.24) is 0 Å². The molecule has 0 aliphatic heterocycles.